The normalized spacial score (nSPS) is 21.2. The fourth-order valence-electron chi connectivity index (χ4n) is 2.14. The summed E-state index contributed by atoms with van der Waals surface area (Å²) in [6, 6.07) is 0. The van der Waals surface area contributed by atoms with Crippen LogP contribution >= 0.6 is 0 Å². The van der Waals surface area contributed by atoms with Gasteiger partial charge in [-0.05, 0) is 39.5 Å². The molecule has 0 aromatic heterocycles. The Balaban J connectivity index is 2.41. The van der Waals surface area contributed by atoms with Gasteiger partial charge in [0.2, 0.25) is 5.91 Å². The van der Waals surface area contributed by atoms with Gasteiger partial charge in [0.05, 0.1) is 6.42 Å². The molecule has 0 N–H and O–H groups in total. The van der Waals surface area contributed by atoms with Gasteiger partial charge in [-0.15, -0.1) is 0 Å². The van der Waals surface area contributed by atoms with Crippen LogP contribution in [-0.2, 0) is 14.3 Å². The topological polar surface area (TPSA) is 46.6 Å². The third-order valence-electron chi connectivity index (χ3n) is 2.84. The number of nitrogens with zero attached hydrogens (tertiary/aromatic N) is 1. The Labute approximate surface area is 103 Å². The van der Waals surface area contributed by atoms with Gasteiger partial charge in [0.25, 0.3) is 0 Å². The zero-order valence-electron chi connectivity index (χ0n) is 11.3. The van der Waals surface area contributed by atoms with E-state index in [2.05, 4.69) is 0 Å². The largest absolute Gasteiger partial charge is 0.460 e. The van der Waals surface area contributed by atoms with Gasteiger partial charge in [0, 0.05) is 20.0 Å². The maximum atomic E-state index is 11.7. The number of hydrogen-bond donors (Lipinski definition) is 0. The van der Waals surface area contributed by atoms with Crippen molar-refractivity contribution >= 4 is 11.9 Å². The minimum absolute atomic E-state index is 0.0962. The average molecular weight is 241 g/mol. The van der Waals surface area contributed by atoms with E-state index in [0.29, 0.717) is 13.0 Å². The number of hydrogen-bond acceptors (Lipinski definition) is 3. The zero-order valence-corrected chi connectivity index (χ0v) is 11.3. The first kappa shape index (κ1) is 14.0. The predicted octanol–water partition coefficient (Wildman–Crippen LogP) is 1.98. The summed E-state index contributed by atoms with van der Waals surface area (Å²) in [6.07, 6.45) is 2.40. The molecule has 0 radical (unpaired) electrons. The van der Waals surface area contributed by atoms with E-state index >= 15 is 0 Å². The molecule has 17 heavy (non-hydrogen) atoms. The molecule has 98 valence electrons. The quantitative estimate of drug-likeness (QED) is 0.694. The summed E-state index contributed by atoms with van der Waals surface area (Å²) >= 11 is 0. The number of amides is 1. The van der Waals surface area contributed by atoms with Crippen molar-refractivity contribution in [3.8, 4) is 0 Å². The van der Waals surface area contributed by atoms with Crippen LogP contribution < -0.4 is 0 Å². The Morgan fingerprint density at radius 1 is 1.35 bits per heavy atom. The number of esters is 1. The van der Waals surface area contributed by atoms with Gasteiger partial charge >= 0.3 is 5.97 Å². The molecule has 0 aliphatic carbocycles. The molecule has 1 unspecified atom stereocenters. The Morgan fingerprint density at radius 2 is 2.00 bits per heavy atom. The van der Waals surface area contributed by atoms with Gasteiger partial charge in [-0.3, -0.25) is 9.59 Å². The molecule has 1 rings (SSSR count). The summed E-state index contributed by atoms with van der Waals surface area (Å²) in [6.45, 7) is 8.69. The Morgan fingerprint density at radius 3 is 2.53 bits per heavy atom. The highest BCUT2D eigenvalue weighted by molar-refractivity contribution is 5.73. The van der Waals surface area contributed by atoms with E-state index in [-0.39, 0.29) is 17.8 Å². The Bertz CT molecular complexity index is 294. The van der Waals surface area contributed by atoms with Gasteiger partial charge in [-0.2, -0.15) is 0 Å². The van der Waals surface area contributed by atoms with Crippen LogP contribution in [0, 0.1) is 5.92 Å². The van der Waals surface area contributed by atoms with Crippen molar-refractivity contribution in [3.05, 3.63) is 0 Å². The molecule has 1 heterocycles. The average Bonchev–Trinajstić information content (AvgIpc) is 2.14. The number of ether oxygens (including phenoxy) is 1. The van der Waals surface area contributed by atoms with Crippen LogP contribution in [0.4, 0.5) is 0 Å². The summed E-state index contributed by atoms with van der Waals surface area (Å²) in [4.78, 5) is 24.8. The number of piperidine rings is 1. The monoisotopic (exact) mass is 241 g/mol. The Kier molecular flexibility index (Phi) is 4.54. The van der Waals surface area contributed by atoms with Gasteiger partial charge in [-0.1, -0.05) is 0 Å². The molecule has 0 bridgehead atoms. The molecule has 1 aliphatic heterocycles. The standard InChI is InChI=1S/C13H23NO3/c1-10(15)14-7-5-6-11(9-14)8-12(16)17-13(2,3)4/h11H,5-9H2,1-4H3. The molecular formula is C13H23NO3. The molecular weight excluding hydrogens is 218 g/mol. The summed E-state index contributed by atoms with van der Waals surface area (Å²) in [5.41, 5.74) is -0.425. The lowest BCUT2D eigenvalue weighted by Gasteiger charge is -2.32. The molecule has 1 saturated heterocycles. The van der Waals surface area contributed by atoms with Crippen LogP contribution in [0.15, 0.2) is 0 Å². The lowest BCUT2D eigenvalue weighted by molar-refractivity contribution is -0.157. The summed E-state index contributed by atoms with van der Waals surface area (Å²) in [5.74, 6) is 0.189. The van der Waals surface area contributed by atoms with Crippen LogP contribution in [0.1, 0.15) is 47.0 Å². The second-order valence-corrected chi connectivity index (χ2v) is 5.76. The maximum Gasteiger partial charge on any atom is 0.306 e. The first-order chi connectivity index (χ1) is 7.78. The molecule has 1 amide bonds. The molecule has 0 spiro atoms. The van der Waals surface area contributed by atoms with E-state index in [1.807, 2.05) is 25.7 Å². The summed E-state index contributed by atoms with van der Waals surface area (Å²) < 4.78 is 5.29. The first-order valence-electron chi connectivity index (χ1n) is 6.25. The van der Waals surface area contributed by atoms with Crippen molar-refractivity contribution in [2.75, 3.05) is 13.1 Å². The van der Waals surface area contributed by atoms with Crippen molar-refractivity contribution in [1.82, 2.24) is 4.90 Å². The highest BCUT2D eigenvalue weighted by Crippen LogP contribution is 2.21. The van der Waals surface area contributed by atoms with Gasteiger partial charge in [-0.25, -0.2) is 0 Å². The third kappa shape index (κ3) is 5.20. The van der Waals surface area contributed by atoms with Crippen LogP contribution in [0.25, 0.3) is 0 Å². The fourth-order valence-corrected chi connectivity index (χ4v) is 2.14. The molecule has 4 heteroatoms. The van der Waals surface area contributed by atoms with Gasteiger partial charge in [0.15, 0.2) is 0 Å². The van der Waals surface area contributed by atoms with Crippen molar-refractivity contribution in [3.63, 3.8) is 0 Å². The molecule has 1 aliphatic rings. The van der Waals surface area contributed by atoms with E-state index in [1.165, 1.54) is 0 Å². The molecule has 1 atom stereocenters. The molecule has 1 fully saturated rings. The van der Waals surface area contributed by atoms with Crippen LogP contribution in [0.5, 0.6) is 0 Å². The number of carbonyl (C=O) groups is 2. The second kappa shape index (κ2) is 5.52. The number of likely N-dealkylation sites (tertiary alicyclic amines) is 1. The van der Waals surface area contributed by atoms with E-state index in [9.17, 15) is 9.59 Å². The van der Waals surface area contributed by atoms with E-state index in [1.54, 1.807) is 6.92 Å². The van der Waals surface area contributed by atoms with E-state index in [4.69, 9.17) is 4.74 Å². The highest BCUT2D eigenvalue weighted by atomic mass is 16.6. The van der Waals surface area contributed by atoms with Gasteiger partial charge in [0.1, 0.15) is 5.60 Å². The van der Waals surface area contributed by atoms with Crippen LogP contribution in [-0.4, -0.2) is 35.5 Å². The SMILES string of the molecule is CC(=O)N1CCCC(CC(=O)OC(C)(C)C)C1. The number of carbonyl (C=O) groups excluding carboxylic acids is 2. The van der Waals surface area contributed by atoms with E-state index < -0.39 is 5.60 Å². The van der Waals surface area contributed by atoms with Crippen molar-refractivity contribution in [2.45, 2.75) is 52.6 Å². The second-order valence-electron chi connectivity index (χ2n) is 5.76. The fraction of sp³-hybridized carbons (Fsp3) is 0.846. The molecule has 0 aromatic rings. The van der Waals surface area contributed by atoms with Crippen LogP contribution in [0.3, 0.4) is 0 Å². The predicted molar refractivity (Wildman–Crippen MR) is 65.4 cm³/mol. The van der Waals surface area contributed by atoms with E-state index in [0.717, 1.165) is 19.4 Å². The highest BCUT2D eigenvalue weighted by Gasteiger charge is 2.25. The van der Waals surface area contributed by atoms with Crippen molar-refractivity contribution < 1.29 is 14.3 Å². The first-order valence-corrected chi connectivity index (χ1v) is 6.25. The third-order valence-corrected chi connectivity index (χ3v) is 2.84. The lowest BCUT2D eigenvalue weighted by Crippen LogP contribution is -2.39. The summed E-state index contributed by atoms with van der Waals surface area (Å²) in [7, 11) is 0. The zero-order chi connectivity index (χ0) is 13.1. The smallest absolute Gasteiger partial charge is 0.306 e. The minimum atomic E-state index is -0.425. The number of rotatable bonds is 2. The Hall–Kier alpha value is -1.06. The minimum Gasteiger partial charge on any atom is -0.460 e. The van der Waals surface area contributed by atoms with Gasteiger partial charge < -0.3 is 9.64 Å². The molecule has 0 saturated carbocycles. The maximum absolute atomic E-state index is 11.7. The summed E-state index contributed by atoms with van der Waals surface area (Å²) in [5, 5.41) is 0. The van der Waals surface area contributed by atoms with Crippen LogP contribution in [0.2, 0.25) is 0 Å². The van der Waals surface area contributed by atoms with Crippen molar-refractivity contribution in [1.29, 1.82) is 0 Å². The molecule has 0 aromatic carbocycles. The van der Waals surface area contributed by atoms with Crippen molar-refractivity contribution in [2.24, 2.45) is 5.92 Å². The lowest BCUT2D eigenvalue weighted by atomic mass is 9.95. The molecule has 4 nitrogen and oxygen atoms in total.